The lowest BCUT2D eigenvalue weighted by molar-refractivity contribution is -0.122. The molecular formula is C11H22N2O3S. The maximum Gasteiger partial charge on any atom is 0.410 e. The quantitative estimate of drug-likeness (QED) is 0.814. The van der Waals surface area contributed by atoms with Crippen LogP contribution in [0.25, 0.3) is 0 Å². The standard InChI is InChI=1S/C11H22N2O3S/c1-11(2,3)16-10(15)13(4)8(9(12)14)6-7-17-5/h8H,6-7H2,1-5H3,(H2,12,14). The SMILES string of the molecule is CSCCC(C(N)=O)N(C)C(=O)OC(C)(C)C. The summed E-state index contributed by atoms with van der Waals surface area (Å²) < 4.78 is 5.18. The van der Waals surface area contributed by atoms with Crippen LogP contribution in [0.15, 0.2) is 0 Å². The summed E-state index contributed by atoms with van der Waals surface area (Å²) in [5.74, 6) is 0.258. The number of hydrogen-bond acceptors (Lipinski definition) is 4. The first-order valence-corrected chi connectivity index (χ1v) is 6.82. The molecule has 0 aromatic heterocycles. The van der Waals surface area contributed by atoms with Crippen LogP contribution in [0.4, 0.5) is 4.79 Å². The van der Waals surface area contributed by atoms with Crippen LogP contribution in [0.3, 0.4) is 0 Å². The van der Waals surface area contributed by atoms with E-state index in [0.717, 1.165) is 5.75 Å². The molecule has 0 spiro atoms. The maximum atomic E-state index is 11.8. The number of thioether (sulfide) groups is 1. The molecule has 0 saturated carbocycles. The molecule has 17 heavy (non-hydrogen) atoms. The van der Waals surface area contributed by atoms with Gasteiger partial charge in [0.05, 0.1) is 0 Å². The second kappa shape index (κ2) is 6.74. The highest BCUT2D eigenvalue weighted by Gasteiger charge is 2.28. The van der Waals surface area contributed by atoms with Crippen molar-refractivity contribution in [3.8, 4) is 0 Å². The molecular weight excluding hydrogens is 240 g/mol. The number of nitrogens with zero attached hydrogens (tertiary/aromatic N) is 1. The van der Waals surface area contributed by atoms with Crippen molar-refractivity contribution in [2.45, 2.75) is 38.8 Å². The first-order valence-electron chi connectivity index (χ1n) is 5.43. The summed E-state index contributed by atoms with van der Waals surface area (Å²) in [6, 6.07) is -0.614. The van der Waals surface area contributed by atoms with Gasteiger partial charge in [-0.3, -0.25) is 9.69 Å². The summed E-state index contributed by atoms with van der Waals surface area (Å²) in [7, 11) is 1.53. The molecule has 0 aliphatic heterocycles. The molecule has 1 atom stereocenters. The summed E-state index contributed by atoms with van der Waals surface area (Å²) in [6.45, 7) is 5.33. The van der Waals surface area contributed by atoms with Crippen LogP contribution in [0.5, 0.6) is 0 Å². The highest BCUT2D eigenvalue weighted by Crippen LogP contribution is 2.13. The molecule has 0 aromatic rings. The smallest absolute Gasteiger partial charge is 0.410 e. The van der Waals surface area contributed by atoms with Crippen LogP contribution in [-0.4, -0.2) is 47.6 Å². The molecule has 0 saturated heterocycles. The molecule has 6 heteroatoms. The third-order valence-corrected chi connectivity index (χ3v) is 2.72. The van der Waals surface area contributed by atoms with Gasteiger partial charge in [-0.15, -0.1) is 0 Å². The van der Waals surface area contributed by atoms with Crippen molar-refractivity contribution < 1.29 is 14.3 Å². The third-order valence-electron chi connectivity index (χ3n) is 2.07. The Labute approximate surface area is 107 Å². The predicted molar refractivity (Wildman–Crippen MR) is 70.0 cm³/mol. The van der Waals surface area contributed by atoms with E-state index >= 15 is 0 Å². The number of amides is 2. The Hall–Kier alpha value is -0.910. The van der Waals surface area contributed by atoms with Gasteiger partial charge in [0.2, 0.25) is 5.91 Å². The average Bonchev–Trinajstić information content (AvgIpc) is 2.14. The van der Waals surface area contributed by atoms with Crippen molar-refractivity contribution in [3.63, 3.8) is 0 Å². The van der Waals surface area contributed by atoms with Crippen LogP contribution in [-0.2, 0) is 9.53 Å². The highest BCUT2D eigenvalue weighted by atomic mass is 32.2. The lowest BCUT2D eigenvalue weighted by Gasteiger charge is -2.28. The van der Waals surface area contributed by atoms with Gasteiger partial charge in [-0.2, -0.15) is 11.8 Å². The molecule has 0 bridgehead atoms. The summed E-state index contributed by atoms with van der Waals surface area (Å²) >= 11 is 1.60. The summed E-state index contributed by atoms with van der Waals surface area (Å²) in [4.78, 5) is 24.3. The van der Waals surface area contributed by atoms with Gasteiger partial charge in [0.15, 0.2) is 0 Å². The van der Waals surface area contributed by atoms with Gasteiger partial charge < -0.3 is 10.5 Å². The number of carbonyl (C=O) groups excluding carboxylic acids is 2. The fourth-order valence-corrected chi connectivity index (χ4v) is 1.68. The van der Waals surface area contributed by atoms with Gasteiger partial charge >= 0.3 is 6.09 Å². The first-order chi connectivity index (χ1) is 7.69. The molecule has 0 aromatic carbocycles. The van der Waals surface area contributed by atoms with E-state index in [1.54, 1.807) is 32.5 Å². The van der Waals surface area contributed by atoms with Crippen molar-refractivity contribution in [3.05, 3.63) is 0 Å². The van der Waals surface area contributed by atoms with Crippen molar-refractivity contribution in [2.75, 3.05) is 19.1 Å². The molecule has 2 N–H and O–H groups in total. The zero-order valence-corrected chi connectivity index (χ0v) is 12.0. The van der Waals surface area contributed by atoms with E-state index in [0.29, 0.717) is 6.42 Å². The Balaban J connectivity index is 4.55. The van der Waals surface area contributed by atoms with Gasteiger partial charge in [-0.05, 0) is 39.2 Å². The van der Waals surface area contributed by atoms with Gasteiger partial charge in [-0.1, -0.05) is 0 Å². The van der Waals surface area contributed by atoms with E-state index in [2.05, 4.69) is 0 Å². The fourth-order valence-electron chi connectivity index (χ4n) is 1.22. The molecule has 100 valence electrons. The van der Waals surface area contributed by atoms with Crippen LogP contribution in [0, 0.1) is 0 Å². The second-order valence-electron chi connectivity index (χ2n) is 4.79. The van der Waals surface area contributed by atoms with Crippen LogP contribution in [0.1, 0.15) is 27.2 Å². The molecule has 0 heterocycles. The summed E-state index contributed by atoms with van der Waals surface area (Å²) in [5, 5.41) is 0. The van der Waals surface area contributed by atoms with Crippen LogP contribution >= 0.6 is 11.8 Å². The molecule has 0 rings (SSSR count). The highest BCUT2D eigenvalue weighted by molar-refractivity contribution is 7.98. The topological polar surface area (TPSA) is 72.6 Å². The van der Waals surface area contributed by atoms with Gasteiger partial charge in [0.25, 0.3) is 0 Å². The van der Waals surface area contributed by atoms with Crippen molar-refractivity contribution in [1.29, 1.82) is 0 Å². The van der Waals surface area contributed by atoms with Crippen molar-refractivity contribution in [2.24, 2.45) is 5.73 Å². The van der Waals surface area contributed by atoms with Gasteiger partial charge in [0, 0.05) is 7.05 Å². The zero-order chi connectivity index (χ0) is 13.6. The van der Waals surface area contributed by atoms with E-state index in [1.165, 1.54) is 11.9 Å². The molecule has 0 radical (unpaired) electrons. The minimum atomic E-state index is -0.614. The Morgan fingerprint density at radius 2 is 1.94 bits per heavy atom. The number of rotatable bonds is 5. The Bertz CT molecular complexity index is 276. The average molecular weight is 262 g/mol. The Morgan fingerprint density at radius 1 is 1.41 bits per heavy atom. The lowest BCUT2D eigenvalue weighted by Crippen LogP contribution is -2.47. The number of hydrogen-bond donors (Lipinski definition) is 1. The van der Waals surface area contributed by atoms with Crippen molar-refractivity contribution >= 4 is 23.8 Å². The van der Waals surface area contributed by atoms with E-state index in [9.17, 15) is 9.59 Å². The molecule has 0 aliphatic rings. The number of ether oxygens (including phenoxy) is 1. The molecule has 0 aliphatic carbocycles. The second-order valence-corrected chi connectivity index (χ2v) is 5.78. The molecule has 5 nitrogen and oxygen atoms in total. The maximum absolute atomic E-state index is 11.8. The Kier molecular flexibility index (Phi) is 6.37. The monoisotopic (exact) mass is 262 g/mol. The normalized spacial score (nSPS) is 13.0. The fraction of sp³-hybridized carbons (Fsp3) is 0.818. The number of primary amides is 1. The molecule has 2 amide bonds. The summed E-state index contributed by atoms with van der Waals surface area (Å²) in [5.41, 5.74) is 4.71. The van der Waals surface area contributed by atoms with E-state index in [4.69, 9.17) is 10.5 Å². The summed E-state index contributed by atoms with van der Waals surface area (Å²) in [6.07, 6.45) is 1.94. The molecule has 0 fully saturated rings. The molecule has 1 unspecified atom stereocenters. The first kappa shape index (κ1) is 16.1. The minimum Gasteiger partial charge on any atom is -0.444 e. The zero-order valence-electron chi connectivity index (χ0n) is 11.1. The predicted octanol–water partition coefficient (Wildman–Crippen LogP) is 1.46. The Morgan fingerprint density at radius 3 is 2.29 bits per heavy atom. The minimum absolute atomic E-state index is 0.507. The number of likely N-dealkylation sites (N-methyl/N-ethyl adjacent to an activating group) is 1. The van der Waals surface area contributed by atoms with Crippen molar-refractivity contribution in [1.82, 2.24) is 4.90 Å². The van der Waals surface area contributed by atoms with Gasteiger partial charge in [0.1, 0.15) is 11.6 Å². The number of nitrogens with two attached hydrogens (primary N) is 1. The lowest BCUT2D eigenvalue weighted by atomic mass is 10.2. The van der Waals surface area contributed by atoms with Crippen LogP contribution < -0.4 is 5.73 Å². The number of carbonyl (C=O) groups is 2. The van der Waals surface area contributed by atoms with Crippen LogP contribution in [0.2, 0.25) is 0 Å². The largest absolute Gasteiger partial charge is 0.444 e. The van der Waals surface area contributed by atoms with E-state index < -0.39 is 23.6 Å². The van der Waals surface area contributed by atoms with E-state index in [-0.39, 0.29) is 0 Å². The van der Waals surface area contributed by atoms with Gasteiger partial charge in [-0.25, -0.2) is 4.79 Å². The third kappa shape index (κ3) is 6.41. The van der Waals surface area contributed by atoms with E-state index in [1.807, 2.05) is 6.26 Å².